The van der Waals surface area contributed by atoms with Crippen LogP contribution in [0.15, 0.2) is 89.3 Å². The molecule has 1 aliphatic rings. The Morgan fingerprint density at radius 1 is 0.971 bits per heavy atom. The molecule has 3 aromatic carbocycles. The van der Waals surface area contributed by atoms with E-state index in [4.69, 9.17) is 14.1 Å². The largest absolute Gasteiger partial charge is 0.546 e. The Labute approximate surface area is 203 Å². The molecule has 5 rings (SSSR count). The molecule has 3 atom stereocenters. The van der Waals surface area contributed by atoms with Gasteiger partial charge >= 0.3 is 0 Å². The number of ether oxygens (including phenoxy) is 1. The molecule has 0 bridgehead atoms. The first kappa shape index (κ1) is 22.9. The van der Waals surface area contributed by atoms with E-state index in [1.165, 1.54) is 0 Å². The van der Waals surface area contributed by atoms with Crippen LogP contribution in [0.1, 0.15) is 30.2 Å². The van der Waals surface area contributed by atoms with E-state index in [0.29, 0.717) is 30.2 Å². The number of hydrogen-bond acceptors (Lipinski definition) is 6. The lowest BCUT2D eigenvalue weighted by atomic mass is 9.88. The van der Waals surface area contributed by atoms with Crippen LogP contribution in [0.5, 0.6) is 5.75 Å². The maximum Gasteiger partial charge on any atom is 0.201 e. The molecule has 3 unspecified atom stereocenters. The Hall–Kier alpha value is -3.90. The van der Waals surface area contributed by atoms with Crippen molar-refractivity contribution in [3.63, 3.8) is 0 Å². The minimum Gasteiger partial charge on any atom is -0.546 e. The van der Waals surface area contributed by atoms with E-state index < -0.39 is 18.7 Å². The zero-order valence-electron chi connectivity index (χ0n) is 19.2. The highest BCUT2D eigenvalue weighted by Gasteiger charge is 2.40. The minimum atomic E-state index is -1.26. The molecule has 0 radical (unpaired) electrons. The Kier molecular flexibility index (Phi) is 6.64. The fourth-order valence-electron chi connectivity index (χ4n) is 4.92. The fourth-order valence-corrected chi connectivity index (χ4v) is 4.92. The summed E-state index contributed by atoms with van der Waals surface area (Å²) in [5.74, 6) is 0.330. The number of aliphatic hydroxyl groups excluding tert-OH is 1. The summed E-state index contributed by atoms with van der Waals surface area (Å²) in [7, 11) is 0. The van der Waals surface area contributed by atoms with Crippen LogP contribution in [0.4, 0.5) is 0 Å². The number of nitrogens with zero attached hydrogens (tertiary/aromatic N) is 1. The lowest BCUT2D eigenvalue weighted by Crippen LogP contribution is -2.28. The number of carbonyl (C=O) groups is 1. The number of benzene rings is 3. The Bertz CT molecular complexity index is 1230. The number of carboxylic acids is 1. The van der Waals surface area contributed by atoms with E-state index >= 15 is 0 Å². The average Bonchev–Trinajstić information content (AvgIpc) is 3.47. The van der Waals surface area contributed by atoms with Crippen LogP contribution in [-0.4, -0.2) is 28.8 Å². The third-order valence-electron chi connectivity index (χ3n) is 6.52. The zero-order chi connectivity index (χ0) is 24.2. The molecule has 4 aromatic rings. The summed E-state index contributed by atoms with van der Waals surface area (Å²) >= 11 is 0. The van der Waals surface area contributed by atoms with Gasteiger partial charge in [0.1, 0.15) is 18.1 Å². The molecule has 0 spiro atoms. The molecule has 178 valence electrons. The Morgan fingerprint density at radius 3 is 2.40 bits per heavy atom. The molecule has 0 saturated heterocycles. The zero-order valence-corrected chi connectivity index (χ0v) is 19.2. The summed E-state index contributed by atoms with van der Waals surface area (Å²) in [5, 5.41) is 21.7. The smallest absolute Gasteiger partial charge is 0.201 e. The molecule has 1 saturated carbocycles. The first-order valence-electron chi connectivity index (χ1n) is 11.8. The van der Waals surface area contributed by atoms with Crippen molar-refractivity contribution < 1.29 is 24.2 Å². The monoisotopic (exact) mass is 468 g/mol. The number of aliphatic hydroxyl groups is 1. The summed E-state index contributed by atoms with van der Waals surface area (Å²) in [6.07, 6.45) is 1.64. The summed E-state index contributed by atoms with van der Waals surface area (Å²) in [5.41, 5.74) is 3.67. The van der Waals surface area contributed by atoms with Gasteiger partial charge in [0.25, 0.3) is 0 Å². The van der Waals surface area contributed by atoms with Crippen molar-refractivity contribution >= 4 is 5.97 Å². The number of carboxylic acid groups (broad SMARTS) is 1. The summed E-state index contributed by atoms with van der Waals surface area (Å²) in [6.45, 7) is -0.491. The van der Waals surface area contributed by atoms with Crippen LogP contribution in [-0.2, 0) is 11.2 Å². The number of hydrogen-bond donors (Lipinski definition) is 1. The van der Waals surface area contributed by atoms with Crippen LogP contribution < -0.4 is 9.84 Å². The Balaban J connectivity index is 1.46. The lowest BCUT2D eigenvalue weighted by molar-refractivity contribution is -0.307. The summed E-state index contributed by atoms with van der Waals surface area (Å²) in [4.78, 5) is 15.6. The number of aliphatic carboxylic acids is 1. The molecule has 1 heterocycles. The second-order valence-electron chi connectivity index (χ2n) is 8.90. The SMILES string of the molecule is O=C([O-])COc1cccc(CC2CCC(O)C2c2nc(-c3ccccc3)c(-c3ccccc3)o2)c1. The van der Waals surface area contributed by atoms with Gasteiger partial charge in [-0.2, -0.15) is 0 Å². The van der Waals surface area contributed by atoms with Gasteiger partial charge in [-0.1, -0.05) is 72.8 Å². The van der Waals surface area contributed by atoms with Crippen molar-refractivity contribution in [2.45, 2.75) is 31.3 Å². The van der Waals surface area contributed by atoms with Gasteiger partial charge in [0.05, 0.1) is 18.0 Å². The molecular formula is C29H26NO5-. The number of oxazole rings is 1. The maximum absolute atomic E-state index is 10.9. The van der Waals surface area contributed by atoms with E-state index in [1.54, 1.807) is 6.07 Å². The van der Waals surface area contributed by atoms with Crippen LogP contribution in [0.25, 0.3) is 22.6 Å². The standard InChI is InChI=1S/C29H27NO5/c31-24-15-14-22(16-19-8-7-13-23(17-19)34-18-25(32)33)26(24)29-30-27(20-9-3-1-4-10-20)28(35-29)21-11-5-2-6-12-21/h1-13,17,22,24,26,31H,14-16,18H2,(H,32,33)/p-1. The van der Waals surface area contributed by atoms with Crippen LogP contribution in [0, 0.1) is 5.92 Å². The van der Waals surface area contributed by atoms with Crippen LogP contribution in [0.3, 0.4) is 0 Å². The molecule has 0 amide bonds. The fraction of sp³-hybridized carbons (Fsp3) is 0.241. The molecule has 1 aromatic heterocycles. The predicted octanol–water partition coefficient (Wildman–Crippen LogP) is 4.23. The maximum atomic E-state index is 10.9. The second-order valence-corrected chi connectivity index (χ2v) is 8.90. The van der Waals surface area contributed by atoms with Crippen molar-refractivity contribution in [2.24, 2.45) is 5.92 Å². The quantitative estimate of drug-likeness (QED) is 0.416. The number of carbonyl (C=O) groups excluding carboxylic acids is 1. The van der Waals surface area contributed by atoms with Gasteiger partial charge < -0.3 is 24.2 Å². The molecular weight excluding hydrogens is 442 g/mol. The lowest BCUT2D eigenvalue weighted by Gasteiger charge is -2.19. The van der Waals surface area contributed by atoms with E-state index in [-0.39, 0.29) is 11.8 Å². The van der Waals surface area contributed by atoms with Crippen molar-refractivity contribution in [3.8, 4) is 28.3 Å². The second kappa shape index (κ2) is 10.2. The van der Waals surface area contributed by atoms with Crippen molar-refractivity contribution in [3.05, 3.63) is 96.4 Å². The van der Waals surface area contributed by atoms with Gasteiger partial charge in [-0.25, -0.2) is 4.98 Å². The van der Waals surface area contributed by atoms with Crippen molar-refractivity contribution in [1.82, 2.24) is 4.98 Å². The minimum absolute atomic E-state index is 0.118. The average molecular weight is 469 g/mol. The first-order chi connectivity index (χ1) is 17.1. The molecule has 6 heteroatoms. The summed E-state index contributed by atoms with van der Waals surface area (Å²) in [6, 6.07) is 27.2. The molecule has 35 heavy (non-hydrogen) atoms. The molecule has 1 fully saturated rings. The summed E-state index contributed by atoms with van der Waals surface area (Å²) < 4.78 is 11.7. The number of rotatable bonds is 8. The van der Waals surface area contributed by atoms with E-state index in [0.717, 1.165) is 28.8 Å². The predicted molar refractivity (Wildman–Crippen MR) is 129 cm³/mol. The van der Waals surface area contributed by atoms with Gasteiger partial charge in [-0.15, -0.1) is 0 Å². The molecule has 1 N–H and O–H groups in total. The third-order valence-corrected chi connectivity index (χ3v) is 6.52. The Morgan fingerprint density at radius 2 is 1.69 bits per heavy atom. The highest BCUT2D eigenvalue weighted by Crippen LogP contribution is 2.44. The topological polar surface area (TPSA) is 95.6 Å². The highest BCUT2D eigenvalue weighted by molar-refractivity contribution is 5.76. The van der Waals surface area contributed by atoms with Gasteiger partial charge in [0, 0.05) is 11.1 Å². The first-order valence-corrected chi connectivity index (χ1v) is 11.8. The molecule has 1 aliphatic carbocycles. The van der Waals surface area contributed by atoms with E-state index in [1.807, 2.05) is 78.9 Å². The molecule has 0 aliphatic heterocycles. The molecule has 6 nitrogen and oxygen atoms in total. The van der Waals surface area contributed by atoms with Crippen LogP contribution >= 0.6 is 0 Å². The van der Waals surface area contributed by atoms with Crippen LogP contribution in [0.2, 0.25) is 0 Å². The van der Waals surface area contributed by atoms with Gasteiger partial charge in [-0.05, 0) is 42.9 Å². The van der Waals surface area contributed by atoms with Gasteiger partial charge in [0.15, 0.2) is 5.76 Å². The van der Waals surface area contributed by atoms with Crippen molar-refractivity contribution in [1.29, 1.82) is 0 Å². The number of aromatic nitrogens is 1. The van der Waals surface area contributed by atoms with E-state index in [2.05, 4.69) is 0 Å². The van der Waals surface area contributed by atoms with Gasteiger partial charge in [-0.3, -0.25) is 0 Å². The normalized spacial score (nSPS) is 19.5. The van der Waals surface area contributed by atoms with E-state index in [9.17, 15) is 15.0 Å². The highest BCUT2D eigenvalue weighted by atomic mass is 16.5. The van der Waals surface area contributed by atoms with Gasteiger partial charge in [0.2, 0.25) is 5.89 Å². The third kappa shape index (κ3) is 5.12. The van der Waals surface area contributed by atoms with Crippen molar-refractivity contribution in [2.75, 3.05) is 6.61 Å².